The van der Waals surface area contributed by atoms with Crippen LogP contribution >= 0.6 is 11.3 Å². The molecule has 0 aliphatic rings. The highest BCUT2D eigenvalue weighted by atomic mass is 32.1. The van der Waals surface area contributed by atoms with Crippen LogP contribution in [0.3, 0.4) is 0 Å². The van der Waals surface area contributed by atoms with Crippen LogP contribution in [0.1, 0.15) is 4.88 Å². The van der Waals surface area contributed by atoms with Gasteiger partial charge in [0.05, 0.1) is 22.9 Å². The fourth-order valence-corrected chi connectivity index (χ4v) is 2.91. The van der Waals surface area contributed by atoms with E-state index in [1.165, 1.54) is 10.4 Å². The molecule has 1 N–H and O–H groups in total. The van der Waals surface area contributed by atoms with Gasteiger partial charge in [-0.25, -0.2) is 4.98 Å². The van der Waals surface area contributed by atoms with E-state index in [0.717, 1.165) is 18.5 Å². The molecule has 5 heteroatoms. The molecule has 0 spiro atoms. The number of nitrogens with zero attached hydrogens (tertiary/aromatic N) is 3. The van der Waals surface area contributed by atoms with Gasteiger partial charge in [-0.3, -0.25) is 4.98 Å². The van der Waals surface area contributed by atoms with Crippen LogP contribution in [-0.4, -0.2) is 27.6 Å². The molecule has 98 valence electrons. The van der Waals surface area contributed by atoms with E-state index < -0.39 is 0 Å². The second-order valence-electron chi connectivity index (χ2n) is 4.54. The number of likely N-dealkylation sites (N-methyl/N-ethyl adjacent to an activating group) is 1. The Morgan fingerprint density at radius 1 is 1.37 bits per heavy atom. The highest BCUT2D eigenvalue weighted by Gasteiger charge is 2.11. The van der Waals surface area contributed by atoms with Crippen molar-refractivity contribution in [3.63, 3.8) is 0 Å². The topological polar surface area (TPSA) is 42.7 Å². The summed E-state index contributed by atoms with van der Waals surface area (Å²) < 4.78 is 2.21. The summed E-state index contributed by atoms with van der Waals surface area (Å²) in [5.41, 5.74) is 4.12. The van der Waals surface area contributed by atoms with Gasteiger partial charge in [-0.15, -0.1) is 11.3 Å². The first-order valence-electron chi connectivity index (χ1n) is 6.31. The first kappa shape index (κ1) is 12.3. The standard InChI is InChI=1S/C14H16N4S/c1-15-11(6-12-7-16-10-19-12)8-18-9-17-13-4-2-3-5-14(13)18/h2-5,7,9-11,15H,6,8H2,1H3. The van der Waals surface area contributed by atoms with Crippen molar-refractivity contribution < 1.29 is 0 Å². The lowest BCUT2D eigenvalue weighted by atomic mass is 10.2. The summed E-state index contributed by atoms with van der Waals surface area (Å²) in [6.45, 7) is 0.912. The Hall–Kier alpha value is -1.72. The van der Waals surface area contributed by atoms with E-state index in [0.29, 0.717) is 6.04 Å². The minimum Gasteiger partial charge on any atom is -0.329 e. The predicted molar refractivity (Wildman–Crippen MR) is 78.4 cm³/mol. The number of benzene rings is 1. The van der Waals surface area contributed by atoms with Crippen molar-refractivity contribution in [3.8, 4) is 0 Å². The molecule has 19 heavy (non-hydrogen) atoms. The maximum Gasteiger partial charge on any atom is 0.0958 e. The van der Waals surface area contributed by atoms with Gasteiger partial charge in [0.2, 0.25) is 0 Å². The number of thiazole rings is 1. The third-order valence-corrected chi connectivity index (χ3v) is 4.09. The van der Waals surface area contributed by atoms with Crippen LogP contribution in [0.2, 0.25) is 0 Å². The van der Waals surface area contributed by atoms with Gasteiger partial charge < -0.3 is 9.88 Å². The number of rotatable bonds is 5. The predicted octanol–water partition coefficient (Wildman–Crippen LogP) is 2.32. The molecular weight excluding hydrogens is 256 g/mol. The zero-order chi connectivity index (χ0) is 13.1. The third kappa shape index (κ3) is 2.67. The summed E-state index contributed by atoms with van der Waals surface area (Å²) in [6, 6.07) is 8.62. The average molecular weight is 272 g/mol. The van der Waals surface area contributed by atoms with Crippen molar-refractivity contribution in [3.05, 3.63) is 47.2 Å². The minimum atomic E-state index is 0.387. The molecule has 2 heterocycles. The normalized spacial score (nSPS) is 12.9. The summed E-state index contributed by atoms with van der Waals surface area (Å²) >= 11 is 1.71. The van der Waals surface area contributed by atoms with Gasteiger partial charge in [-0.1, -0.05) is 12.1 Å². The van der Waals surface area contributed by atoms with Crippen LogP contribution in [0, 0.1) is 0 Å². The number of nitrogens with one attached hydrogen (secondary N) is 1. The van der Waals surface area contributed by atoms with Gasteiger partial charge in [-0.05, 0) is 19.2 Å². The van der Waals surface area contributed by atoms with Gasteiger partial charge in [0.15, 0.2) is 0 Å². The molecule has 0 saturated carbocycles. The maximum atomic E-state index is 4.43. The lowest BCUT2D eigenvalue weighted by molar-refractivity contribution is 0.487. The van der Waals surface area contributed by atoms with Gasteiger partial charge in [0, 0.05) is 30.1 Å². The number of imidazole rings is 1. The second kappa shape index (κ2) is 5.50. The average Bonchev–Trinajstić information content (AvgIpc) is 3.08. The van der Waals surface area contributed by atoms with E-state index in [1.54, 1.807) is 11.3 Å². The lowest BCUT2D eigenvalue weighted by Gasteiger charge is -2.16. The van der Waals surface area contributed by atoms with Crippen molar-refractivity contribution in [2.45, 2.75) is 19.0 Å². The van der Waals surface area contributed by atoms with Crippen LogP contribution in [0.15, 0.2) is 42.3 Å². The van der Waals surface area contributed by atoms with Gasteiger partial charge in [-0.2, -0.15) is 0 Å². The Labute approximate surface area is 116 Å². The fourth-order valence-electron chi connectivity index (χ4n) is 2.24. The first-order chi connectivity index (χ1) is 9.36. The molecule has 0 radical (unpaired) electrons. The molecule has 2 aromatic heterocycles. The quantitative estimate of drug-likeness (QED) is 0.775. The van der Waals surface area contributed by atoms with Crippen LogP contribution < -0.4 is 5.32 Å². The summed E-state index contributed by atoms with van der Waals surface area (Å²) in [5.74, 6) is 0. The van der Waals surface area contributed by atoms with E-state index in [-0.39, 0.29) is 0 Å². The van der Waals surface area contributed by atoms with Crippen molar-refractivity contribution in [1.82, 2.24) is 19.9 Å². The number of hydrogen-bond donors (Lipinski definition) is 1. The fraction of sp³-hybridized carbons (Fsp3) is 0.286. The van der Waals surface area contributed by atoms with E-state index in [2.05, 4.69) is 32.0 Å². The third-order valence-electron chi connectivity index (χ3n) is 3.28. The van der Waals surface area contributed by atoms with Gasteiger partial charge in [0.25, 0.3) is 0 Å². The summed E-state index contributed by atoms with van der Waals surface area (Å²) in [6.07, 6.45) is 4.86. The van der Waals surface area contributed by atoms with E-state index in [9.17, 15) is 0 Å². The first-order valence-corrected chi connectivity index (χ1v) is 7.19. The van der Waals surface area contributed by atoms with E-state index >= 15 is 0 Å². The van der Waals surface area contributed by atoms with Gasteiger partial charge in [0.1, 0.15) is 0 Å². The SMILES string of the molecule is CNC(Cc1cncs1)Cn1cnc2ccccc21. The van der Waals surface area contributed by atoms with E-state index in [4.69, 9.17) is 0 Å². The maximum absolute atomic E-state index is 4.43. The summed E-state index contributed by atoms with van der Waals surface area (Å²) in [5, 5.41) is 3.37. The number of para-hydroxylation sites is 2. The Bertz CT molecular complexity index is 644. The van der Waals surface area contributed by atoms with Crippen molar-refractivity contribution in [2.24, 2.45) is 0 Å². The molecule has 0 aliphatic heterocycles. The molecule has 1 aromatic carbocycles. The Kier molecular flexibility index (Phi) is 3.57. The minimum absolute atomic E-state index is 0.387. The lowest BCUT2D eigenvalue weighted by Crippen LogP contribution is -2.31. The molecule has 0 fully saturated rings. The second-order valence-corrected chi connectivity index (χ2v) is 5.51. The van der Waals surface area contributed by atoms with Crippen molar-refractivity contribution >= 4 is 22.4 Å². The zero-order valence-electron chi connectivity index (χ0n) is 10.8. The highest BCUT2D eigenvalue weighted by molar-refractivity contribution is 7.09. The largest absolute Gasteiger partial charge is 0.329 e. The molecular formula is C14H16N4S. The number of fused-ring (bicyclic) bond motifs is 1. The molecule has 3 rings (SSSR count). The molecule has 1 atom stereocenters. The molecule has 1 unspecified atom stereocenters. The van der Waals surface area contributed by atoms with Gasteiger partial charge >= 0.3 is 0 Å². The Morgan fingerprint density at radius 2 is 2.26 bits per heavy atom. The molecule has 0 aliphatic carbocycles. The van der Waals surface area contributed by atoms with Crippen LogP contribution in [0.4, 0.5) is 0 Å². The van der Waals surface area contributed by atoms with Crippen molar-refractivity contribution in [1.29, 1.82) is 0 Å². The zero-order valence-corrected chi connectivity index (χ0v) is 11.6. The van der Waals surface area contributed by atoms with Crippen molar-refractivity contribution in [2.75, 3.05) is 7.05 Å². The Morgan fingerprint density at radius 3 is 3.05 bits per heavy atom. The molecule has 0 bridgehead atoms. The van der Waals surface area contributed by atoms with E-state index in [1.807, 2.05) is 37.2 Å². The monoisotopic (exact) mass is 272 g/mol. The number of hydrogen-bond acceptors (Lipinski definition) is 4. The van der Waals surface area contributed by atoms with Crippen LogP contribution in [0.25, 0.3) is 11.0 Å². The highest BCUT2D eigenvalue weighted by Crippen LogP contribution is 2.14. The summed E-state index contributed by atoms with van der Waals surface area (Å²) in [7, 11) is 2.00. The summed E-state index contributed by atoms with van der Waals surface area (Å²) in [4.78, 5) is 9.87. The Balaban J connectivity index is 1.78. The molecule has 4 nitrogen and oxygen atoms in total. The number of aromatic nitrogens is 3. The molecule has 3 aromatic rings. The van der Waals surface area contributed by atoms with Crippen LogP contribution in [-0.2, 0) is 13.0 Å². The molecule has 0 amide bonds. The molecule has 0 saturated heterocycles. The smallest absolute Gasteiger partial charge is 0.0958 e. The van der Waals surface area contributed by atoms with Crippen LogP contribution in [0.5, 0.6) is 0 Å².